The van der Waals surface area contributed by atoms with Crippen LogP contribution in [0.4, 0.5) is 4.79 Å². The van der Waals surface area contributed by atoms with Crippen LogP contribution in [-0.4, -0.2) is 55.6 Å². The summed E-state index contributed by atoms with van der Waals surface area (Å²) in [4.78, 5) is 34.1. The number of hydrogen-bond donors (Lipinski definition) is 2. The van der Waals surface area contributed by atoms with E-state index in [9.17, 15) is 19.5 Å². The minimum atomic E-state index is -1.05. The molecular formula is C21H27NO8. The fourth-order valence-electron chi connectivity index (χ4n) is 1.88. The SMILES string of the molecule is C=C(C)C(=O)OCCNC(=O)OCC(O)COc1cccc(COC(=O)C(=C)C)c1. The third-order valence-corrected chi connectivity index (χ3v) is 3.42. The number of carbonyl (C=O) groups excluding carboxylic acids is 3. The van der Waals surface area contributed by atoms with Crippen molar-refractivity contribution in [2.45, 2.75) is 26.6 Å². The van der Waals surface area contributed by atoms with Gasteiger partial charge in [-0.05, 0) is 31.5 Å². The molecule has 1 aromatic rings. The van der Waals surface area contributed by atoms with E-state index in [2.05, 4.69) is 18.5 Å². The van der Waals surface area contributed by atoms with Gasteiger partial charge in [0.2, 0.25) is 0 Å². The zero-order valence-corrected chi connectivity index (χ0v) is 17.1. The quantitative estimate of drug-likeness (QED) is 0.227. The Labute approximate surface area is 175 Å². The van der Waals surface area contributed by atoms with Gasteiger partial charge in [0.05, 0.1) is 6.54 Å². The van der Waals surface area contributed by atoms with E-state index in [0.29, 0.717) is 16.9 Å². The number of aliphatic hydroxyl groups excluding tert-OH is 1. The first-order valence-electron chi connectivity index (χ1n) is 9.14. The predicted molar refractivity (Wildman–Crippen MR) is 108 cm³/mol. The highest BCUT2D eigenvalue weighted by Crippen LogP contribution is 2.15. The van der Waals surface area contributed by atoms with Crippen molar-refractivity contribution in [2.75, 3.05) is 26.4 Å². The van der Waals surface area contributed by atoms with Crippen LogP contribution in [0.1, 0.15) is 19.4 Å². The van der Waals surface area contributed by atoms with Gasteiger partial charge in [-0.2, -0.15) is 0 Å². The van der Waals surface area contributed by atoms with Gasteiger partial charge in [-0.25, -0.2) is 14.4 Å². The molecule has 1 rings (SSSR count). The van der Waals surface area contributed by atoms with Crippen molar-refractivity contribution < 1.29 is 38.4 Å². The summed E-state index contributed by atoms with van der Waals surface area (Å²) in [6, 6.07) is 6.82. The van der Waals surface area contributed by atoms with Gasteiger partial charge in [0.15, 0.2) is 0 Å². The van der Waals surface area contributed by atoms with Crippen LogP contribution in [0.25, 0.3) is 0 Å². The Bertz CT molecular complexity index is 774. The molecule has 1 unspecified atom stereocenters. The van der Waals surface area contributed by atoms with Crippen LogP contribution < -0.4 is 10.1 Å². The maximum absolute atomic E-state index is 11.5. The largest absolute Gasteiger partial charge is 0.491 e. The molecule has 0 aromatic heterocycles. The first kappa shape index (κ1) is 24.7. The van der Waals surface area contributed by atoms with Gasteiger partial charge in [-0.15, -0.1) is 0 Å². The van der Waals surface area contributed by atoms with Crippen molar-refractivity contribution in [2.24, 2.45) is 0 Å². The molecule has 9 nitrogen and oxygen atoms in total. The number of carbonyl (C=O) groups is 3. The lowest BCUT2D eigenvalue weighted by Gasteiger charge is -2.14. The average molecular weight is 421 g/mol. The topological polar surface area (TPSA) is 120 Å². The number of alkyl carbamates (subject to hydrolysis) is 1. The second kappa shape index (κ2) is 13.0. The smallest absolute Gasteiger partial charge is 0.407 e. The molecule has 0 aliphatic carbocycles. The van der Waals surface area contributed by atoms with Gasteiger partial charge in [-0.3, -0.25) is 0 Å². The monoisotopic (exact) mass is 421 g/mol. The summed E-state index contributed by atoms with van der Waals surface area (Å²) in [6.07, 6.45) is -1.82. The van der Waals surface area contributed by atoms with Crippen molar-refractivity contribution >= 4 is 18.0 Å². The third kappa shape index (κ3) is 10.3. The van der Waals surface area contributed by atoms with Crippen LogP contribution in [0, 0.1) is 0 Å². The van der Waals surface area contributed by atoms with E-state index >= 15 is 0 Å². The van der Waals surface area contributed by atoms with E-state index in [1.165, 1.54) is 6.92 Å². The molecule has 0 heterocycles. The van der Waals surface area contributed by atoms with Crippen LogP contribution in [-0.2, 0) is 30.4 Å². The lowest BCUT2D eigenvalue weighted by atomic mass is 10.2. The first-order valence-corrected chi connectivity index (χ1v) is 9.14. The van der Waals surface area contributed by atoms with Gasteiger partial charge in [0, 0.05) is 11.1 Å². The van der Waals surface area contributed by atoms with Crippen molar-refractivity contribution in [1.29, 1.82) is 0 Å². The van der Waals surface area contributed by atoms with Gasteiger partial charge >= 0.3 is 18.0 Å². The highest BCUT2D eigenvalue weighted by atomic mass is 16.6. The van der Waals surface area contributed by atoms with Crippen LogP contribution in [0.5, 0.6) is 5.75 Å². The van der Waals surface area contributed by atoms with Gasteiger partial charge in [0.1, 0.15) is 38.3 Å². The Kier molecular flexibility index (Phi) is 10.7. The number of aliphatic hydroxyl groups is 1. The zero-order chi connectivity index (χ0) is 22.5. The van der Waals surface area contributed by atoms with Crippen LogP contribution in [0.15, 0.2) is 48.6 Å². The Hall–Kier alpha value is -3.33. The molecule has 1 amide bonds. The van der Waals surface area contributed by atoms with Crippen LogP contribution in [0.3, 0.4) is 0 Å². The number of esters is 2. The number of amides is 1. The molecule has 0 aliphatic heterocycles. The molecular weight excluding hydrogens is 394 g/mol. The van der Waals surface area contributed by atoms with E-state index < -0.39 is 24.1 Å². The Balaban J connectivity index is 2.27. The average Bonchev–Trinajstić information content (AvgIpc) is 2.71. The zero-order valence-electron chi connectivity index (χ0n) is 17.1. The van der Waals surface area contributed by atoms with Crippen molar-refractivity contribution in [3.8, 4) is 5.75 Å². The van der Waals surface area contributed by atoms with Crippen molar-refractivity contribution in [3.63, 3.8) is 0 Å². The van der Waals surface area contributed by atoms with Gasteiger partial charge in [-0.1, -0.05) is 25.3 Å². The highest BCUT2D eigenvalue weighted by Gasteiger charge is 2.11. The highest BCUT2D eigenvalue weighted by molar-refractivity contribution is 5.87. The molecule has 0 fully saturated rings. The minimum absolute atomic E-state index is 0.0233. The number of ether oxygens (including phenoxy) is 4. The third-order valence-electron chi connectivity index (χ3n) is 3.42. The number of hydrogen-bond acceptors (Lipinski definition) is 8. The summed E-state index contributed by atoms with van der Waals surface area (Å²) in [5.41, 5.74) is 1.28. The fourth-order valence-corrected chi connectivity index (χ4v) is 1.88. The van der Waals surface area contributed by atoms with Crippen LogP contribution in [0.2, 0.25) is 0 Å². The summed E-state index contributed by atoms with van der Waals surface area (Å²) in [6.45, 7) is 9.73. The summed E-state index contributed by atoms with van der Waals surface area (Å²) in [7, 11) is 0. The first-order chi connectivity index (χ1) is 14.2. The summed E-state index contributed by atoms with van der Waals surface area (Å²) >= 11 is 0. The lowest BCUT2D eigenvalue weighted by Crippen LogP contribution is -2.32. The molecule has 0 bridgehead atoms. The molecule has 9 heteroatoms. The molecule has 0 saturated carbocycles. The standard InChI is InChI=1S/C21H27NO8/c1-14(2)19(24)27-9-8-22-21(26)30-13-17(23)12-28-18-7-5-6-16(10-18)11-29-20(25)15(3)4/h5-7,10,17,23H,1,3,8-9,11-13H2,2,4H3,(H,22,26). The molecule has 0 spiro atoms. The number of nitrogens with one attached hydrogen (secondary N) is 1. The molecule has 0 aliphatic rings. The van der Waals surface area contributed by atoms with E-state index in [-0.39, 0.29) is 38.5 Å². The Morgan fingerprint density at radius 2 is 1.70 bits per heavy atom. The Morgan fingerprint density at radius 3 is 2.37 bits per heavy atom. The van der Waals surface area contributed by atoms with Gasteiger partial charge in [0.25, 0.3) is 0 Å². The molecule has 164 valence electrons. The maximum Gasteiger partial charge on any atom is 0.407 e. The van der Waals surface area contributed by atoms with E-state index in [0.717, 1.165) is 0 Å². The van der Waals surface area contributed by atoms with Crippen molar-refractivity contribution in [1.82, 2.24) is 5.32 Å². The minimum Gasteiger partial charge on any atom is -0.491 e. The summed E-state index contributed by atoms with van der Waals surface area (Å²) in [5.74, 6) is -0.571. The lowest BCUT2D eigenvalue weighted by molar-refractivity contribution is -0.140. The van der Waals surface area contributed by atoms with E-state index in [1.807, 2.05) is 0 Å². The van der Waals surface area contributed by atoms with Crippen LogP contribution >= 0.6 is 0 Å². The molecule has 30 heavy (non-hydrogen) atoms. The van der Waals surface area contributed by atoms with Crippen molar-refractivity contribution in [3.05, 3.63) is 54.1 Å². The second-order valence-electron chi connectivity index (χ2n) is 6.41. The predicted octanol–water partition coefficient (Wildman–Crippen LogP) is 1.89. The number of benzene rings is 1. The molecule has 0 radical (unpaired) electrons. The van der Waals surface area contributed by atoms with E-state index in [4.69, 9.17) is 18.9 Å². The summed E-state index contributed by atoms with van der Waals surface area (Å²) < 4.78 is 20.2. The fraction of sp³-hybridized carbons (Fsp3) is 0.381. The molecule has 1 atom stereocenters. The molecule has 0 saturated heterocycles. The van der Waals surface area contributed by atoms with Gasteiger partial charge < -0.3 is 29.4 Å². The summed E-state index contributed by atoms with van der Waals surface area (Å²) in [5, 5.41) is 12.3. The Morgan fingerprint density at radius 1 is 1.03 bits per heavy atom. The second-order valence-corrected chi connectivity index (χ2v) is 6.41. The molecule has 1 aromatic carbocycles. The molecule has 2 N–H and O–H groups in total. The maximum atomic E-state index is 11.5. The normalized spacial score (nSPS) is 11.0. The van der Waals surface area contributed by atoms with E-state index in [1.54, 1.807) is 31.2 Å². The number of rotatable bonds is 12.